The Balaban J connectivity index is 1.76. The van der Waals surface area contributed by atoms with Gasteiger partial charge in [0.1, 0.15) is 5.52 Å². The molecule has 0 saturated carbocycles. The molecule has 0 bridgehead atoms. The SMILES string of the molecule is COCC1(CNC(=O)c2cccc3nccnc23)CCCN1. The minimum atomic E-state index is -0.166. The van der Waals surface area contributed by atoms with Crippen LogP contribution in [0.5, 0.6) is 0 Å². The van der Waals surface area contributed by atoms with E-state index in [0.29, 0.717) is 24.2 Å². The molecular formula is C16H20N4O2. The van der Waals surface area contributed by atoms with Crippen molar-refractivity contribution in [1.82, 2.24) is 20.6 Å². The number of nitrogens with zero attached hydrogens (tertiary/aromatic N) is 2. The summed E-state index contributed by atoms with van der Waals surface area (Å²) in [5, 5.41) is 6.46. The van der Waals surface area contributed by atoms with Gasteiger partial charge >= 0.3 is 0 Å². The van der Waals surface area contributed by atoms with Crippen LogP contribution in [0.25, 0.3) is 11.0 Å². The number of hydrogen-bond donors (Lipinski definition) is 2. The number of rotatable bonds is 5. The summed E-state index contributed by atoms with van der Waals surface area (Å²) >= 11 is 0. The number of nitrogens with one attached hydrogen (secondary N) is 2. The Hall–Kier alpha value is -2.05. The number of carbonyl (C=O) groups is 1. The van der Waals surface area contributed by atoms with Crippen molar-refractivity contribution in [3.63, 3.8) is 0 Å². The normalized spacial score (nSPS) is 21.1. The molecule has 1 saturated heterocycles. The van der Waals surface area contributed by atoms with E-state index >= 15 is 0 Å². The van der Waals surface area contributed by atoms with Crippen molar-refractivity contribution >= 4 is 16.9 Å². The van der Waals surface area contributed by atoms with E-state index in [9.17, 15) is 4.79 Å². The fourth-order valence-corrected chi connectivity index (χ4v) is 2.99. The number of hydrogen-bond acceptors (Lipinski definition) is 5. The highest BCUT2D eigenvalue weighted by Gasteiger charge is 2.33. The third-order valence-corrected chi connectivity index (χ3v) is 4.08. The number of carbonyl (C=O) groups excluding carboxylic acids is 1. The summed E-state index contributed by atoms with van der Waals surface area (Å²) in [6.45, 7) is 2.08. The molecule has 2 aromatic rings. The van der Waals surface area contributed by atoms with Crippen molar-refractivity contribution < 1.29 is 9.53 Å². The van der Waals surface area contributed by atoms with Crippen LogP contribution < -0.4 is 10.6 Å². The second-order valence-corrected chi connectivity index (χ2v) is 5.66. The van der Waals surface area contributed by atoms with Gasteiger partial charge in [0.2, 0.25) is 0 Å². The predicted octanol–water partition coefficient (Wildman–Crippen LogP) is 1.13. The van der Waals surface area contributed by atoms with E-state index in [1.165, 1.54) is 0 Å². The summed E-state index contributed by atoms with van der Waals surface area (Å²) in [7, 11) is 1.68. The molecule has 2 N–H and O–H groups in total. The van der Waals surface area contributed by atoms with Gasteiger partial charge in [0.05, 0.1) is 23.2 Å². The van der Waals surface area contributed by atoms with Gasteiger partial charge in [0.15, 0.2) is 0 Å². The van der Waals surface area contributed by atoms with Gasteiger partial charge in [-0.25, -0.2) is 0 Å². The van der Waals surface area contributed by atoms with Crippen LogP contribution in [0.1, 0.15) is 23.2 Å². The first-order valence-corrected chi connectivity index (χ1v) is 7.46. The van der Waals surface area contributed by atoms with Crippen molar-refractivity contribution in [3.05, 3.63) is 36.2 Å². The van der Waals surface area contributed by atoms with E-state index in [-0.39, 0.29) is 11.4 Å². The molecule has 1 aliphatic rings. The van der Waals surface area contributed by atoms with Crippen LogP contribution >= 0.6 is 0 Å². The molecule has 22 heavy (non-hydrogen) atoms. The Labute approximate surface area is 129 Å². The number of benzene rings is 1. The summed E-state index contributed by atoms with van der Waals surface area (Å²) in [6, 6.07) is 5.45. The molecule has 1 aromatic heterocycles. The molecule has 1 aliphatic heterocycles. The van der Waals surface area contributed by atoms with E-state index in [2.05, 4.69) is 20.6 Å². The standard InChI is InChI=1S/C16H20N4O2/c1-22-11-16(6-3-7-20-16)10-19-15(21)12-4-2-5-13-14(12)18-9-8-17-13/h2,4-5,8-9,20H,3,6-7,10-11H2,1H3,(H,19,21). The van der Waals surface area contributed by atoms with Gasteiger partial charge in [0, 0.05) is 26.0 Å². The first kappa shape index (κ1) is 14.9. The van der Waals surface area contributed by atoms with E-state index in [4.69, 9.17) is 4.74 Å². The smallest absolute Gasteiger partial charge is 0.253 e. The summed E-state index contributed by atoms with van der Waals surface area (Å²) in [5.41, 5.74) is 1.74. The lowest BCUT2D eigenvalue weighted by atomic mass is 9.98. The van der Waals surface area contributed by atoms with Crippen molar-refractivity contribution in [2.75, 3.05) is 26.8 Å². The highest BCUT2D eigenvalue weighted by Crippen LogP contribution is 2.19. The van der Waals surface area contributed by atoms with E-state index in [1.54, 1.807) is 25.6 Å². The van der Waals surface area contributed by atoms with Crippen LogP contribution in [0.4, 0.5) is 0 Å². The van der Waals surface area contributed by atoms with E-state index in [0.717, 1.165) is 24.9 Å². The summed E-state index contributed by atoms with van der Waals surface area (Å²) in [4.78, 5) is 21.0. The zero-order chi connectivity index (χ0) is 15.4. The van der Waals surface area contributed by atoms with E-state index in [1.807, 2.05) is 12.1 Å². The zero-order valence-electron chi connectivity index (χ0n) is 12.6. The molecule has 0 radical (unpaired) electrons. The number of methoxy groups -OCH3 is 1. The Morgan fingerprint density at radius 2 is 2.27 bits per heavy atom. The van der Waals surface area contributed by atoms with Crippen molar-refractivity contribution in [2.45, 2.75) is 18.4 Å². The minimum absolute atomic E-state index is 0.129. The maximum atomic E-state index is 12.5. The monoisotopic (exact) mass is 300 g/mol. The lowest BCUT2D eigenvalue weighted by molar-refractivity contribution is 0.0893. The molecule has 2 heterocycles. The summed E-state index contributed by atoms with van der Waals surface area (Å²) in [5.74, 6) is -0.129. The summed E-state index contributed by atoms with van der Waals surface area (Å²) in [6.07, 6.45) is 5.32. The maximum absolute atomic E-state index is 12.5. The Morgan fingerprint density at radius 1 is 1.41 bits per heavy atom. The van der Waals surface area contributed by atoms with Gasteiger partial charge in [-0.15, -0.1) is 0 Å². The number of fused-ring (bicyclic) bond motifs is 1. The minimum Gasteiger partial charge on any atom is -0.383 e. The average molecular weight is 300 g/mol. The number of amides is 1. The molecule has 1 amide bonds. The second-order valence-electron chi connectivity index (χ2n) is 5.66. The Bertz CT molecular complexity index is 663. The van der Waals surface area contributed by atoms with Gasteiger partial charge < -0.3 is 15.4 Å². The second kappa shape index (κ2) is 6.37. The highest BCUT2D eigenvalue weighted by atomic mass is 16.5. The maximum Gasteiger partial charge on any atom is 0.253 e. The summed E-state index contributed by atoms with van der Waals surface area (Å²) < 4.78 is 5.30. The molecular weight excluding hydrogens is 280 g/mol. The number of ether oxygens (including phenoxy) is 1. The van der Waals surface area contributed by atoms with Crippen LogP contribution in [-0.2, 0) is 4.74 Å². The molecule has 1 unspecified atom stereocenters. The lowest BCUT2D eigenvalue weighted by Gasteiger charge is -2.29. The highest BCUT2D eigenvalue weighted by molar-refractivity contribution is 6.04. The molecule has 6 nitrogen and oxygen atoms in total. The van der Waals surface area contributed by atoms with Gasteiger partial charge in [-0.1, -0.05) is 6.07 Å². The number of para-hydroxylation sites is 1. The number of aromatic nitrogens is 2. The first-order valence-electron chi connectivity index (χ1n) is 7.46. The quantitative estimate of drug-likeness (QED) is 0.865. The molecule has 116 valence electrons. The van der Waals surface area contributed by atoms with Crippen molar-refractivity contribution in [2.24, 2.45) is 0 Å². The van der Waals surface area contributed by atoms with Gasteiger partial charge in [-0.3, -0.25) is 14.8 Å². The lowest BCUT2D eigenvalue weighted by Crippen LogP contribution is -2.53. The van der Waals surface area contributed by atoms with Crippen LogP contribution in [0.3, 0.4) is 0 Å². The molecule has 1 fully saturated rings. The molecule has 0 spiro atoms. The first-order chi connectivity index (χ1) is 10.7. The van der Waals surface area contributed by atoms with Crippen LogP contribution in [0, 0.1) is 0 Å². The van der Waals surface area contributed by atoms with Crippen LogP contribution in [-0.4, -0.2) is 48.2 Å². The largest absolute Gasteiger partial charge is 0.383 e. The van der Waals surface area contributed by atoms with Gasteiger partial charge in [0.25, 0.3) is 5.91 Å². The molecule has 1 aromatic carbocycles. The fraction of sp³-hybridized carbons (Fsp3) is 0.438. The van der Waals surface area contributed by atoms with Crippen LogP contribution in [0.2, 0.25) is 0 Å². The molecule has 3 rings (SSSR count). The topological polar surface area (TPSA) is 76.1 Å². The van der Waals surface area contributed by atoms with E-state index < -0.39 is 0 Å². The Kier molecular flexibility index (Phi) is 4.31. The van der Waals surface area contributed by atoms with Crippen molar-refractivity contribution in [3.8, 4) is 0 Å². The van der Waals surface area contributed by atoms with Gasteiger partial charge in [-0.05, 0) is 31.5 Å². The third-order valence-electron chi connectivity index (χ3n) is 4.08. The Morgan fingerprint density at radius 3 is 3.05 bits per heavy atom. The average Bonchev–Trinajstić information content (AvgIpc) is 3.01. The van der Waals surface area contributed by atoms with Gasteiger partial charge in [-0.2, -0.15) is 0 Å². The molecule has 1 atom stereocenters. The zero-order valence-corrected chi connectivity index (χ0v) is 12.6. The molecule has 0 aliphatic carbocycles. The fourth-order valence-electron chi connectivity index (χ4n) is 2.99. The van der Waals surface area contributed by atoms with Crippen molar-refractivity contribution in [1.29, 1.82) is 0 Å². The predicted molar refractivity (Wildman–Crippen MR) is 83.7 cm³/mol. The molecule has 6 heteroatoms. The van der Waals surface area contributed by atoms with Crippen LogP contribution in [0.15, 0.2) is 30.6 Å². The third kappa shape index (κ3) is 2.93.